The van der Waals surface area contributed by atoms with E-state index in [0.29, 0.717) is 12.3 Å². The minimum absolute atomic E-state index is 0.168. The van der Waals surface area contributed by atoms with Crippen molar-refractivity contribution in [3.05, 3.63) is 24.3 Å². The van der Waals surface area contributed by atoms with Crippen LogP contribution in [0, 0.1) is 0 Å². The average Bonchev–Trinajstić information content (AvgIpc) is 2.46. The number of nitrogen functional groups attached to an aromatic ring is 1. The maximum Gasteiger partial charge on any atom is 0.233 e. The first-order chi connectivity index (χ1) is 9.69. The van der Waals surface area contributed by atoms with E-state index in [1.165, 1.54) is 11.8 Å². The maximum atomic E-state index is 12.1. The van der Waals surface area contributed by atoms with Gasteiger partial charge in [-0.15, -0.1) is 11.8 Å². The number of aliphatic hydroxyl groups is 1. The predicted octanol–water partition coefficient (Wildman–Crippen LogP) is 0.497. The summed E-state index contributed by atoms with van der Waals surface area (Å²) in [6.45, 7) is 4.05. The van der Waals surface area contributed by atoms with E-state index in [1.54, 1.807) is 0 Å². The second kappa shape index (κ2) is 7.52. The standard InChI is InChI=1S/C14H21N3O2S/c15-12-2-1-3-13(10-12)20-11-14(19)17-6-4-16(5-7-17)8-9-18/h1-3,10,18H,4-9,11,15H2. The maximum absolute atomic E-state index is 12.1. The number of piperazine rings is 1. The van der Waals surface area contributed by atoms with Crippen LogP contribution in [0.25, 0.3) is 0 Å². The third-order valence-corrected chi connectivity index (χ3v) is 4.34. The van der Waals surface area contributed by atoms with Gasteiger partial charge in [-0.05, 0) is 18.2 Å². The van der Waals surface area contributed by atoms with E-state index in [-0.39, 0.29) is 12.5 Å². The van der Waals surface area contributed by atoms with Gasteiger partial charge >= 0.3 is 0 Å². The lowest BCUT2D eigenvalue weighted by molar-refractivity contribution is -0.130. The molecule has 0 aromatic heterocycles. The molecule has 3 N–H and O–H groups in total. The number of thioether (sulfide) groups is 1. The van der Waals surface area contributed by atoms with Crippen LogP contribution < -0.4 is 5.73 Å². The van der Waals surface area contributed by atoms with Crippen molar-refractivity contribution in [2.24, 2.45) is 0 Å². The Morgan fingerprint density at radius 1 is 1.30 bits per heavy atom. The molecule has 1 fully saturated rings. The molecule has 1 aromatic rings. The molecule has 5 nitrogen and oxygen atoms in total. The number of anilines is 1. The zero-order valence-electron chi connectivity index (χ0n) is 11.5. The Bertz CT molecular complexity index is 448. The molecule has 6 heteroatoms. The number of rotatable bonds is 5. The van der Waals surface area contributed by atoms with Gasteiger partial charge in [0, 0.05) is 43.3 Å². The van der Waals surface area contributed by atoms with Crippen molar-refractivity contribution in [2.75, 3.05) is 50.8 Å². The summed E-state index contributed by atoms with van der Waals surface area (Å²) in [5.74, 6) is 0.616. The van der Waals surface area contributed by atoms with E-state index in [4.69, 9.17) is 10.8 Å². The van der Waals surface area contributed by atoms with Gasteiger partial charge in [0.05, 0.1) is 12.4 Å². The van der Waals surface area contributed by atoms with Crippen LogP contribution in [0.5, 0.6) is 0 Å². The largest absolute Gasteiger partial charge is 0.399 e. The zero-order valence-corrected chi connectivity index (χ0v) is 12.3. The number of nitrogens with two attached hydrogens (primary N) is 1. The molecular formula is C14H21N3O2S. The Morgan fingerprint density at radius 3 is 2.70 bits per heavy atom. The molecule has 0 spiro atoms. The molecule has 1 aliphatic rings. The van der Waals surface area contributed by atoms with Crippen molar-refractivity contribution in [3.8, 4) is 0 Å². The number of carbonyl (C=O) groups is 1. The van der Waals surface area contributed by atoms with Gasteiger partial charge in [0.2, 0.25) is 5.91 Å². The summed E-state index contributed by atoms with van der Waals surface area (Å²) in [6.07, 6.45) is 0. The fourth-order valence-corrected chi connectivity index (χ4v) is 3.07. The number of aliphatic hydroxyl groups excluding tert-OH is 1. The number of β-amino-alcohol motifs (C(OH)–C–C–N with tert-alkyl or cyclic N) is 1. The third-order valence-electron chi connectivity index (χ3n) is 3.36. The van der Waals surface area contributed by atoms with Crippen LogP contribution in [0.3, 0.4) is 0 Å². The number of benzene rings is 1. The van der Waals surface area contributed by atoms with E-state index in [1.807, 2.05) is 29.2 Å². The second-order valence-corrected chi connectivity index (χ2v) is 5.86. The van der Waals surface area contributed by atoms with Crippen molar-refractivity contribution in [1.82, 2.24) is 9.80 Å². The number of nitrogens with zero attached hydrogens (tertiary/aromatic N) is 2. The van der Waals surface area contributed by atoms with Crippen molar-refractivity contribution < 1.29 is 9.90 Å². The first kappa shape index (κ1) is 15.2. The van der Waals surface area contributed by atoms with Gasteiger partial charge < -0.3 is 15.7 Å². The van der Waals surface area contributed by atoms with Crippen LogP contribution in [-0.2, 0) is 4.79 Å². The van der Waals surface area contributed by atoms with Crippen LogP contribution in [0.1, 0.15) is 0 Å². The lowest BCUT2D eigenvalue weighted by atomic mass is 10.3. The fraction of sp³-hybridized carbons (Fsp3) is 0.500. The van der Waals surface area contributed by atoms with E-state index >= 15 is 0 Å². The summed E-state index contributed by atoms with van der Waals surface area (Å²) in [4.78, 5) is 17.2. The Hall–Kier alpha value is -1.24. The highest BCUT2D eigenvalue weighted by Crippen LogP contribution is 2.20. The van der Waals surface area contributed by atoms with Crippen LogP contribution >= 0.6 is 11.8 Å². The molecule has 1 amide bonds. The molecule has 1 heterocycles. The third kappa shape index (κ3) is 4.40. The predicted molar refractivity (Wildman–Crippen MR) is 81.7 cm³/mol. The van der Waals surface area contributed by atoms with Crippen LogP contribution in [0.15, 0.2) is 29.2 Å². The quantitative estimate of drug-likeness (QED) is 0.611. The van der Waals surface area contributed by atoms with Crippen molar-refractivity contribution in [2.45, 2.75) is 4.90 Å². The molecule has 1 saturated heterocycles. The summed E-state index contributed by atoms with van der Waals surface area (Å²) in [5, 5.41) is 8.89. The number of amides is 1. The van der Waals surface area contributed by atoms with E-state index in [2.05, 4.69) is 4.90 Å². The van der Waals surface area contributed by atoms with Gasteiger partial charge in [-0.25, -0.2) is 0 Å². The Balaban J connectivity index is 1.76. The smallest absolute Gasteiger partial charge is 0.233 e. The summed E-state index contributed by atoms with van der Waals surface area (Å²) >= 11 is 1.52. The monoisotopic (exact) mass is 295 g/mol. The lowest BCUT2D eigenvalue weighted by Crippen LogP contribution is -2.49. The molecule has 1 aliphatic heterocycles. The van der Waals surface area contributed by atoms with E-state index in [0.717, 1.165) is 36.8 Å². The van der Waals surface area contributed by atoms with Crippen molar-refractivity contribution >= 4 is 23.4 Å². The number of carbonyl (C=O) groups excluding carboxylic acids is 1. The first-order valence-corrected chi connectivity index (χ1v) is 7.77. The molecular weight excluding hydrogens is 274 g/mol. The minimum Gasteiger partial charge on any atom is -0.399 e. The number of hydrogen-bond acceptors (Lipinski definition) is 5. The Labute approximate surface area is 123 Å². The molecule has 110 valence electrons. The molecule has 0 saturated carbocycles. The number of hydrogen-bond donors (Lipinski definition) is 2. The van der Waals surface area contributed by atoms with Gasteiger partial charge in [0.1, 0.15) is 0 Å². The Morgan fingerprint density at radius 2 is 2.05 bits per heavy atom. The molecule has 1 aromatic carbocycles. The Kier molecular flexibility index (Phi) is 5.70. The van der Waals surface area contributed by atoms with Crippen molar-refractivity contribution in [3.63, 3.8) is 0 Å². The normalized spacial score (nSPS) is 16.4. The van der Waals surface area contributed by atoms with Gasteiger partial charge in [-0.2, -0.15) is 0 Å². The second-order valence-electron chi connectivity index (χ2n) is 4.81. The zero-order chi connectivity index (χ0) is 14.4. The molecule has 0 radical (unpaired) electrons. The van der Waals surface area contributed by atoms with Gasteiger partial charge in [-0.3, -0.25) is 9.69 Å². The highest BCUT2D eigenvalue weighted by molar-refractivity contribution is 8.00. The topological polar surface area (TPSA) is 69.8 Å². The summed E-state index contributed by atoms with van der Waals surface area (Å²) < 4.78 is 0. The van der Waals surface area contributed by atoms with E-state index < -0.39 is 0 Å². The van der Waals surface area contributed by atoms with E-state index in [9.17, 15) is 4.79 Å². The lowest BCUT2D eigenvalue weighted by Gasteiger charge is -2.34. The van der Waals surface area contributed by atoms with Crippen LogP contribution in [0.4, 0.5) is 5.69 Å². The first-order valence-electron chi connectivity index (χ1n) is 6.78. The van der Waals surface area contributed by atoms with Crippen LogP contribution in [0.2, 0.25) is 0 Å². The molecule has 20 heavy (non-hydrogen) atoms. The average molecular weight is 295 g/mol. The SMILES string of the molecule is Nc1cccc(SCC(=O)N2CCN(CCO)CC2)c1. The molecule has 0 unspecified atom stereocenters. The highest BCUT2D eigenvalue weighted by atomic mass is 32.2. The highest BCUT2D eigenvalue weighted by Gasteiger charge is 2.20. The summed E-state index contributed by atoms with van der Waals surface area (Å²) in [5.41, 5.74) is 6.44. The molecule has 0 bridgehead atoms. The molecule has 0 aliphatic carbocycles. The van der Waals surface area contributed by atoms with Gasteiger partial charge in [0.25, 0.3) is 0 Å². The summed E-state index contributed by atoms with van der Waals surface area (Å²) in [7, 11) is 0. The molecule has 2 rings (SSSR count). The fourth-order valence-electron chi connectivity index (χ4n) is 2.20. The summed E-state index contributed by atoms with van der Waals surface area (Å²) in [6, 6.07) is 7.59. The van der Waals surface area contributed by atoms with Gasteiger partial charge in [0.15, 0.2) is 0 Å². The molecule has 0 atom stereocenters. The van der Waals surface area contributed by atoms with Gasteiger partial charge in [-0.1, -0.05) is 6.07 Å². The van der Waals surface area contributed by atoms with Crippen molar-refractivity contribution in [1.29, 1.82) is 0 Å². The van der Waals surface area contributed by atoms with Crippen LogP contribution in [-0.4, -0.2) is 65.9 Å². The minimum atomic E-state index is 0.168.